The van der Waals surface area contributed by atoms with E-state index in [-0.39, 0.29) is 0 Å². The maximum atomic E-state index is 2.51. The van der Waals surface area contributed by atoms with E-state index in [1.807, 2.05) is 0 Å². The second kappa shape index (κ2) is 4.03. The molecule has 0 heteroatoms. The van der Waals surface area contributed by atoms with E-state index in [2.05, 4.69) is 34.6 Å². The molecule has 0 aromatic heterocycles. The van der Waals surface area contributed by atoms with Crippen molar-refractivity contribution in [1.82, 2.24) is 0 Å². The average Bonchev–Trinajstić information content (AvgIpc) is 3.07. The normalized spacial score (nSPS) is 41.1. The van der Waals surface area contributed by atoms with Crippen molar-refractivity contribution in [1.29, 1.82) is 0 Å². The van der Waals surface area contributed by atoms with Crippen LogP contribution in [0.3, 0.4) is 0 Å². The molecule has 0 saturated heterocycles. The minimum Gasteiger partial charge on any atom is -0.0654 e. The topological polar surface area (TPSA) is 0 Å². The van der Waals surface area contributed by atoms with Gasteiger partial charge in [0.2, 0.25) is 0 Å². The highest BCUT2D eigenvalue weighted by atomic mass is 14.8. The predicted molar refractivity (Wildman–Crippen MR) is 71.4 cm³/mol. The van der Waals surface area contributed by atoms with E-state index in [1.165, 1.54) is 38.5 Å². The Labute approximate surface area is 102 Å². The highest BCUT2D eigenvalue weighted by Gasteiger charge is 2.80. The lowest BCUT2D eigenvalue weighted by atomic mass is 9.94. The van der Waals surface area contributed by atoms with Gasteiger partial charge in [0.15, 0.2) is 0 Å². The molecule has 94 valence electrons. The maximum absolute atomic E-state index is 2.51. The first-order chi connectivity index (χ1) is 7.48. The van der Waals surface area contributed by atoms with Crippen LogP contribution < -0.4 is 0 Å². The molecule has 0 amide bonds. The second-order valence-electron chi connectivity index (χ2n) is 7.12. The smallest absolute Gasteiger partial charge is 0.0179 e. The molecule has 2 saturated carbocycles. The summed E-state index contributed by atoms with van der Waals surface area (Å²) in [6.07, 6.45) is 8.75. The van der Waals surface area contributed by atoms with Gasteiger partial charge in [0.1, 0.15) is 0 Å². The van der Waals surface area contributed by atoms with Crippen molar-refractivity contribution in [2.75, 3.05) is 0 Å². The van der Waals surface area contributed by atoms with Gasteiger partial charge in [0.05, 0.1) is 0 Å². The van der Waals surface area contributed by atoms with E-state index in [4.69, 9.17) is 0 Å². The van der Waals surface area contributed by atoms with Crippen LogP contribution in [0.5, 0.6) is 0 Å². The molecule has 0 heterocycles. The molecule has 0 aromatic carbocycles. The van der Waals surface area contributed by atoms with Crippen LogP contribution in [-0.4, -0.2) is 0 Å². The van der Waals surface area contributed by atoms with E-state index < -0.39 is 0 Å². The lowest BCUT2D eigenvalue weighted by Gasteiger charge is -2.11. The fourth-order valence-electron chi connectivity index (χ4n) is 4.51. The molecule has 4 atom stereocenters. The molecular weight excluding hydrogens is 192 g/mol. The van der Waals surface area contributed by atoms with Crippen LogP contribution in [-0.2, 0) is 0 Å². The van der Waals surface area contributed by atoms with Crippen molar-refractivity contribution < 1.29 is 0 Å². The molecule has 2 fully saturated rings. The first-order valence-corrected chi connectivity index (χ1v) is 7.48. The maximum Gasteiger partial charge on any atom is -0.0179 e. The quantitative estimate of drug-likeness (QED) is 0.537. The molecule has 0 aliphatic heterocycles. The third kappa shape index (κ3) is 1.64. The number of rotatable bonds is 6. The highest BCUT2D eigenvalue weighted by molar-refractivity contribution is 5.28. The van der Waals surface area contributed by atoms with Gasteiger partial charge in [-0.1, -0.05) is 66.7 Å². The Bertz CT molecular complexity index is 253. The number of unbranched alkanes of at least 4 members (excludes halogenated alkanes) is 3. The van der Waals surface area contributed by atoms with Crippen molar-refractivity contribution >= 4 is 0 Å². The van der Waals surface area contributed by atoms with Crippen LogP contribution in [0.4, 0.5) is 0 Å². The molecular formula is C16H30. The Kier molecular flexibility index (Phi) is 3.14. The average molecular weight is 222 g/mol. The standard InChI is InChI=1S/C16H30/c1-6-7-8-9-10-12(2)14-11-16(14)13(3)15(16,4)5/h12-14H,6-11H2,1-5H3. The van der Waals surface area contributed by atoms with Gasteiger partial charge in [-0.2, -0.15) is 0 Å². The first kappa shape index (κ1) is 12.5. The molecule has 16 heavy (non-hydrogen) atoms. The van der Waals surface area contributed by atoms with Gasteiger partial charge in [0, 0.05) is 0 Å². The summed E-state index contributed by atoms with van der Waals surface area (Å²) in [6.45, 7) is 12.3. The van der Waals surface area contributed by atoms with Crippen molar-refractivity contribution in [3.05, 3.63) is 0 Å². The summed E-state index contributed by atoms with van der Waals surface area (Å²) in [4.78, 5) is 0. The molecule has 0 N–H and O–H groups in total. The first-order valence-electron chi connectivity index (χ1n) is 7.48. The van der Waals surface area contributed by atoms with Gasteiger partial charge in [-0.25, -0.2) is 0 Å². The lowest BCUT2D eigenvalue weighted by molar-refractivity contribution is 0.387. The monoisotopic (exact) mass is 222 g/mol. The Morgan fingerprint density at radius 3 is 2.25 bits per heavy atom. The zero-order chi connectivity index (χ0) is 12.0. The van der Waals surface area contributed by atoms with E-state index in [1.54, 1.807) is 0 Å². The van der Waals surface area contributed by atoms with Crippen LogP contribution in [0.2, 0.25) is 0 Å². The Hall–Kier alpha value is 0. The summed E-state index contributed by atoms with van der Waals surface area (Å²) in [7, 11) is 0. The molecule has 0 radical (unpaired) electrons. The SMILES string of the molecule is CCCCCCC(C)C1CC12C(C)C2(C)C. The number of hydrogen-bond acceptors (Lipinski definition) is 0. The van der Waals surface area contributed by atoms with Gasteiger partial charge in [-0.3, -0.25) is 0 Å². The predicted octanol–water partition coefficient (Wildman–Crippen LogP) is 5.28. The van der Waals surface area contributed by atoms with Crippen LogP contribution in [0.1, 0.15) is 73.1 Å². The Balaban J connectivity index is 1.72. The number of hydrogen-bond donors (Lipinski definition) is 0. The fourth-order valence-corrected chi connectivity index (χ4v) is 4.51. The van der Waals surface area contributed by atoms with Crippen LogP contribution in [0.15, 0.2) is 0 Å². The zero-order valence-corrected chi connectivity index (χ0v) is 12.0. The van der Waals surface area contributed by atoms with Crippen molar-refractivity contribution in [2.24, 2.45) is 28.6 Å². The lowest BCUT2D eigenvalue weighted by Crippen LogP contribution is -2.02. The summed E-state index contributed by atoms with van der Waals surface area (Å²) in [5.41, 5.74) is 1.45. The molecule has 4 unspecified atom stereocenters. The fraction of sp³-hybridized carbons (Fsp3) is 1.00. The molecule has 0 aromatic rings. The van der Waals surface area contributed by atoms with E-state index >= 15 is 0 Å². The molecule has 2 aliphatic rings. The summed E-state index contributed by atoms with van der Waals surface area (Å²) >= 11 is 0. The molecule has 2 rings (SSSR count). The summed E-state index contributed by atoms with van der Waals surface area (Å²) in [5.74, 6) is 3.04. The summed E-state index contributed by atoms with van der Waals surface area (Å²) < 4.78 is 0. The minimum atomic E-state index is 0.662. The molecule has 2 aliphatic carbocycles. The van der Waals surface area contributed by atoms with Gasteiger partial charge >= 0.3 is 0 Å². The Morgan fingerprint density at radius 1 is 1.19 bits per heavy atom. The third-order valence-electron chi connectivity index (χ3n) is 6.23. The van der Waals surface area contributed by atoms with Crippen LogP contribution in [0.25, 0.3) is 0 Å². The van der Waals surface area contributed by atoms with Gasteiger partial charge in [0.25, 0.3) is 0 Å². The van der Waals surface area contributed by atoms with E-state index in [0.29, 0.717) is 5.41 Å². The summed E-state index contributed by atoms with van der Waals surface area (Å²) in [6, 6.07) is 0. The van der Waals surface area contributed by atoms with Crippen molar-refractivity contribution in [3.8, 4) is 0 Å². The zero-order valence-electron chi connectivity index (χ0n) is 12.0. The molecule has 0 nitrogen and oxygen atoms in total. The third-order valence-corrected chi connectivity index (χ3v) is 6.23. The van der Waals surface area contributed by atoms with E-state index in [0.717, 1.165) is 23.2 Å². The van der Waals surface area contributed by atoms with E-state index in [9.17, 15) is 0 Å². The summed E-state index contributed by atoms with van der Waals surface area (Å²) in [5, 5.41) is 0. The minimum absolute atomic E-state index is 0.662. The largest absolute Gasteiger partial charge is 0.0654 e. The molecule has 0 bridgehead atoms. The molecule has 1 spiro atoms. The van der Waals surface area contributed by atoms with Gasteiger partial charge in [-0.05, 0) is 35.0 Å². The highest BCUT2D eigenvalue weighted by Crippen LogP contribution is 2.86. The Morgan fingerprint density at radius 2 is 1.81 bits per heavy atom. The van der Waals surface area contributed by atoms with Crippen LogP contribution >= 0.6 is 0 Å². The van der Waals surface area contributed by atoms with Gasteiger partial charge < -0.3 is 0 Å². The van der Waals surface area contributed by atoms with Crippen molar-refractivity contribution in [2.45, 2.75) is 73.1 Å². The second-order valence-corrected chi connectivity index (χ2v) is 7.12. The van der Waals surface area contributed by atoms with Crippen LogP contribution in [0, 0.1) is 28.6 Å². The van der Waals surface area contributed by atoms with Gasteiger partial charge in [-0.15, -0.1) is 0 Å². The van der Waals surface area contributed by atoms with Crippen molar-refractivity contribution in [3.63, 3.8) is 0 Å².